The first-order valence-electron chi connectivity index (χ1n) is 8.32. The Hall–Kier alpha value is -2.62. The molecule has 26 heavy (non-hydrogen) atoms. The molecule has 2 aromatic rings. The van der Waals surface area contributed by atoms with Crippen molar-refractivity contribution in [1.82, 2.24) is 0 Å². The minimum atomic E-state index is -2.86. The van der Waals surface area contributed by atoms with Gasteiger partial charge in [-0.25, -0.2) is 13.2 Å². The molecule has 2 aromatic carbocycles. The van der Waals surface area contributed by atoms with Gasteiger partial charge in [-0.3, -0.25) is 4.79 Å². The van der Waals surface area contributed by atoms with Gasteiger partial charge in [0.15, 0.2) is 5.78 Å². The van der Waals surface area contributed by atoms with Crippen LogP contribution in [0.15, 0.2) is 72.3 Å². The molecule has 3 rings (SSSR count). The summed E-state index contributed by atoms with van der Waals surface area (Å²) in [6.45, 7) is 5.04. The van der Waals surface area contributed by atoms with Crippen LogP contribution in [0.2, 0.25) is 0 Å². The molecule has 1 aliphatic carbocycles. The molecule has 1 aliphatic rings. The summed E-state index contributed by atoms with van der Waals surface area (Å²) in [5, 5.41) is 0. The van der Waals surface area contributed by atoms with Crippen LogP contribution in [0.3, 0.4) is 0 Å². The minimum absolute atomic E-state index is 0.132. The number of alkyl halides is 2. The molecule has 136 valence electrons. The highest BCUT2D eigenvalue weighted by molar-refractivity contribution is 6.10. The van der Waals surface area contributed by atoms with Gasteiger partial charge >= 0.3 is 0 Å². The minimum Gasteiger partial charge on any atom is -0.289 e. The quantitative estimate of drug-likeness (QED) is 0.595. The maximum absolute atomic E-state index is 13.3. The molecule has 0 heterocycles. The Balaban J connectivity index is 0.000000254. The Bertz CT molecular complexity index is 829. The third kappa shape index (κ3) is 4.94. The second-order valence-electron chi connectivity index (χ2n) is 6.37. The molecule has 0 saturated carbocycles. The van der Waals surface area contributed by atoms with Crippen LogP contribution in [0, 0.1) is 25.6 Å². The molecule has 1 unspecified atom stereocenters. The SMILES string of the molecule is Cc1cccc(C(=O)C2=CC(C)C(F)(F)C=C2)c1.Cc1ccccc1F. The van der Waals surface area contributed by atoms with Gasteiger partial charge in [-0.2, -0.15) is 0 Å². The van der Waals surface area contributed by atoms with Crippen LogP contribution in [-0.4, -0.2) is 11.7 Å². The number of halogens is 3. The number of aryl methyl sites for hydroxylation is 2. The first-order valence-corrected chi connectivity index (χ1v) is 8.32. The van der Waals surface area contributed by atoms with Gasteiger partial charge in [0.2, 0.25) is 0 Å². The van der Waals surface area contributed by atoms with Gasteiger partial charge in [0.05, 0.1) is 0 Å². The van der Waals surface area contributed by atoms with Gasteiger partial charge in [0.25, 0.3) is 5.92 Å². The predicted octanol–water partition coefficient (Wildman–Crippen LogP) is 6.08. The summed E-state index contributed by atoms with van der Waals surface area (Å²) in [4.78, 5) is 12.1. The van der Waals surface area contributed by atoms with Crippen LogP contribution in [0.4, 0.5) is 13.2 Å². The van der Waals surface area contributed by atoms with E-state index in [-0.39, 0.29) is 11.6 Å². The number of rotatable bonds is 2. The second-order valence-corrected chi connectivity index (χ2v) is 6.37. The zero-order valence-corrected chi connectivity index (χ0v) is 15.0. The zero-order valence-electron chi connectivity index (χ0n) is 15.0. The number of hydrogen-bond acceptors (Lipinski definition) is 1. The molecule has 0 fully saturated rings. The topological polar surface area (TPSA) is 17.1 Å². The van der Waals surface area contributed by atoms with Crippen molar-refractivity contribution in [2.24, 2.45) is 5.92 Å². The largest absolute Gasteiger partial charge is 0.289 e. The smallest absolute Gasteiger partial charge is 0.272 e. The zero-order chi connectivity index (χ0) is 19.3. The highest BCUT2D eigenvalue weighted by atomic mass is 19.3. The third-order valence-corrected chi connectivity index (χ3v) is 4.14. The van der Waals surface area contributed by atoms with Crippen molar-refractivity contribution in [3.63, 3.8) is 0 Å². The Labute approximate surface area is 151 Å². The molecule has 1 atom stereocenters. The molecule has 0 spiro atoms. The van der Waals surface area contributed by atoms with Crippen molar-refractivity contribution in [3.05, 3.63) is 94.8 Å². The molecule has 0 N–H and O–H groups in total. The van der Waals surface area contributed by atoms with E-state index in [4.69, 9.17) is 0 Å². The van der Waals surface area contributed by atoms with E-state index in [1.54, 1.807) is 37.3 Å². The number of hydrogen-bond donors (Lipinski definition) is 0. The number of allylic oxidation sites excluding steroid dienone is 4. The molecule has 0 saturated heterocycles. The van der Waals surface area contributed by atoms with E-state index in [1.165, 1.54) is 25.1 Å². The van der Waals surface area contributed by atoms with Crippen molar-refractivity contribution in [1.29, 1.82) is 0 Å². The van der Waals surface area contributed by atoms with Crippen molar-refractivity contribution in [3.8, 4) is 0 Å². The standard InChI is InChI=1S/C15H14F2O.C7H7F/c1-10-4-3-5-12(8-10)14(18)13-6-7-15(16,17)11(2)9-13;1-6-4-2-3-5-7(6)8/h3-9,11H,1-2H3;2-5H,1H3. The Morgan fingerprint density at radius 1 is 1.04 bits per heavy atom. The Morgan fingerprint density at radius 2 is 1.73 bits per heavy atom. The van der Waals surface area contributed by atoms with E-state index >= 15 is 0 Å². The fourth-order valence-electron chi connectivity index (χ4n) is 2.44. The van der Waals surface area contributed by atoms with Crippen LogP contribution >= 0.6 is 0 Å². The Kier molecular flexibility index (Phi) is 6.19. The average Bonchev–Trinajstić information content (AvgIpc) is 2.60. The maximum Gasteiger partial charge on any atom is 0.272 e. The number of carbonyl (C=O) groups excluding carboxylic acids is 1. The van der Waals surface area contributed by atoms with Crippen LogP contribution in [0.5, 0.6) is 0 Å². The molecular formula is C22H21F3O. The van der Waals surface area contributed by atoms with Gasteiger partial charge in [-0.05, 0) is 43.7 Å². The molecule has 4 heteroatoms. The number of ketones is 1. The van der Waals surface area contributed by atoms with Gasteiger partial charge in [-0.1, -0.05) is 55.0 Å². The molecule has 0 bridgehead atoms. The van der Waals surface area contributed by atoms with E-state index in [0.29, 0.717) is 16.7 Å². The summed E-state index contributed by atoms with van der Waals surface area (Å²) in [5.41, 5.74) is 2.54. The van der Waals surface area contributed by atoms with E-state index in [0.717, 1.165) is 11.6 Å². The lowest BCUT2D eigenvalue weighted by molar-refractivity contribution is 0.0158. The third-order valence-electron chi connectivity index (χ3n) is 4.14. The monoisotopic (exact) mass is 358 g/mol. The van der Waals surface area contributed by atoms with Gasteiger partial charge in [-0.15, -0.1) is 0 Å². The molecule has 1 nitrogen and oxygen atoms in total. The highest BCUT2D eigenvalue weighted by Crippen LogP contribution is 2.32. The van der Waals surface area contributed by atoms with Crippen molar-refractivity contribution in [2.45, 2.75) is 26.7 Å². The van der Waals surface area contributed by atoms with Crippen LogP contribution in [-0.2, 0) is 0 Å². The van der Waals surface area contributed by atoms with Gasteiger partial charge < -0.3 is 0 Å². The lowest BCUT2D eigenvalue weighted by Crippen LogP contribution is -2.25. The molecule has 0 aromatic heterocycles. The van der Waals surface area contributed by atoms with Crippen LogP contribution in [0.1, 0.15) is 28.4 Å². The number of benzene rings is 2. The second kappa shape index (κ2) is 8.17. The fraction of sp³-hybridized carbons (Fsp3) is 0.227. The molecule has 0 aliphatic heterocycles. The summed E-state index contributed by atoms with van der Waals surface area (Å²) in [5.74, 6) is -4.16. The van der Waals surface area contributed by atoms with E-state index in [2.05, 4.69) is 0 Å². The van der Waals surface area contributed by atoms with E-state index < -0.39 is 11.8 Å². The molecule has 0 radical (unpaired) electrons. The molecular weight excluding hydrogens is 337 g/mol. The number of carbonyl (C=O) groups is 1. The van der Waals surface area contributed by atoms with Crippen molar-refractivity contribution < 1.29 is 18.0 Å². The van der Waals surface area contributed by atoms with Gasteiger partial charge in [0, 0.05) is 17.1 Å². The first-order chi connectivity index (χ1) is 12.2. The normalized spacial score (nSPS) is 17.8. The summed E-state index contributed by atoms with van der Waals surface area (Å²) in [7, 11) is 0. The number of Topliss-reactive ketones (excluding diaryl/α,β-unsaturated/α-hetero) is 1. The first kappa shape index (κ1) is 19.7. The predicted molar refractivity (Wildman–Crippen MR) is 98.0 cm³/mol. The average molecular weight is 358 g/mol. The van der Waals surface area contributed by atoms with Crippen molar-refractivity contribution >= 4 is 5.78 Å². The summed E-state index contributed by atoms with van der Waals surface area (Å²) >= 11 is 0. The Morgan fingerprint density at radius 3 is 2.27 bits per heavy atom. The summed E-state index contributed by atoms with van der Waals surface area (Å²) in [6.07, 6.45) is 3.36. The molecule has 0 amide bonds. The fourth-order valence-corrected chi connectivity index (χ4v) is 2.44. The van der Waals surface area contributed by atoms with Crippen LogP contribution < -0.4 is 0 Å². The summed E-state index contributed by atoms with van der Waals surface area (Å²) in [6, 6.07) is 13.8. The lowest BCUT2D eigenvalue weighted by atomic mass is 9.90. The maximum atomic E-state index is 13.3. The summed E-state index contributed by atoms with van der Waals surface area (Å²) < 4.78 is 38.8. The van der Waals surface area contributed by atoms with E-state index in [1.807, 2.05) is 19.1 Å². The highest BCUT2D eigenvalue weighted by Gasteiger charge is 2.35. The lowest BCUT2D eigenvalue weighted by Gasteiger charge is -2.21. The van der Waals surface area contributed by atoms with Crippen LogP contribution in [0.25, 0.3) is 0 Å². The van der Waals surface area contributed by atoms with Crippen molar-refractivity contribution in [2.75, 3.05) is 0 Å². The van der Waals surface area contributed by atoms with E-state index in [9.17, 15) is 18.0 Å². The van der Waals surface area contributed by atoms with Gasteiger partial charge in [0.1, 0.15) is 5.82 Å².